The van der Waals surface area contributed by atoms with Crippen molar-refractivity contribution in [3.05, 3.63) is 59.2 Å². The van der Waals surface area contributed by atoms with E-state index in [1.165, 1.54) is 7.11 Å². The first-order valence-corrected chi connectivity index (χ1v) is 10.8. The fourth-order valence-corrected chi connectivity index (χ4v) is 4.21. The molecule has 0 saturated heterocycles. The fraction of sp³-hybridized carbons (Fsp3) is 0.296. The van der Waals surface area contributed by atoms with Gasteiger partial charge in [-0.1, -0.05) is 18.2 Å². The van der Waals surface area contributed by atoms with Gasteiger partial charge in [-0.05, 0) is 63.1 Å². The Balaban J connectivity index is 2.24. The summed E-state index contributed by atoms with van der Waals surface area (Å²) < 4.78 is 16.7. The molecule has 0 unspecified atom stereocenters. The first-order valence-electron chi connectivity index (χ1n) is 10.8. The van der Waals surface area contributed by atoms with E-state index in [0.717, 1.165) is 44.8 Å². The number of nitrogen functional groups attached to an aromatic ring is 1. The summed E-state index contributed by atoms with van der Waals surface area (Å²) in [5, 5.41) is 3.41. The third-order valence-electron chi connectivity index (χ3n) is 5.67. The predicted molar refractivity (Wildman–Crippen MR) is 134 cm³/mol. The largest absolute Gasteiger partial charge is 0.496 e. The third-order valence-corrected chi connectivity index (χ3v) is 5.67. The van der Waals surface area contributed by atoms with Crippen LogP contribution < -0.4 is 20.5 Å². The van der Waals surface area contributed by atoms with Gasteiger partial charge in [0.1, 0.15) is 11.5 Å². The maximum absolute atomic E-state index is 12.2. The van der Waals surface area contributed by atoms with Crippen molar-refractivity contribution in [1.82, 2.24) is 0 Å². The highest BCUT2D eigenvalue weighted by atomic mass is 16.5. The average molecular weight is 449 g/mol. The minimum atomic E-state index is -0.485. The van der Waals surface area contributed by atoms with Crippen LogP contribution in [-0.4, -0.2) is 33.3 Å². The first kappa shape index (κ1) is 24.0. The molecule has 0 aliphatic rings. The van der Waals surface area contributed by atoms with Gasteiger partial charge in [0.05, 0.1) is 26.9 Å². The number of nitrogens with one attached hydrogen (secondary N) is 1. The molecule has 0 amide bonds. The molecule has 3 aromatic carbocycles. The lowest BCUT2D eigenvalue weighted by Gasteiger charge is -2.23. The number of ether oxygens (including phenoxy) is 3. The van der Waals surface area contributed by atoms with Crippen molar-refractivity contribution in [3.63, 3.8) is 0 Å². The van der Waals surface area contributed by atoms with Crippen LogP contribution in [-0.2, 0) is 4.74 Å². The third kappa shape index (κ3) is 4.60. The van der Waals surface area contributed by atoms with Crippen molar-refractivity contribution < 1.29 is 19.0 Å². The topological polar surface area (TPSA) is 82.8 Å². The quantitative estimate of drug-likeness (QED) is 0.349. The van der Waals surface area contributed by atoms with E-state index in [0.29, 0.717) is 23.0 Å². The number of hydrogen-bond acceptors (Lipinski definition) is 6. The Labute approximate surface area is 195 Å². The van der Waals surface area contributed by atoms with Crippen LogP contribution in [0.25, 0.3) is 22.3 Å². The van der Waals surface area contributed by atoms with E-state index >= 15 is 0 Å². The van der Waals surface area contributed by atoms with Crippen molar-refractivity contribution in [2.75, 3.05) is 32.4 Å². The molecule has 0 fully saturated rings. The molecule has 6 heteroatoms. The standard InChI is InChI=1S/C27H32N2O4/c1-15(2)29-20-11-8-18(9-12-20)23-16(3)26(32-6)24(17(4)25(23)31-5)19-10-13-22(28)21(14-19)27(30)33-7/h8-15,29H,28H2,1-7H3. The van der Waals surface area contributed by atoms with Crippen LogP contribution in [0.2, 0.25) is 0 Å². The van der Waals surface area contributed by atoms with Gasteiger partial charge < -0.3 is 25.3 Å². The molecule has 0 aliphatic carbocycles. The van der Waals surface area contributed by atoms with Crippen LogP contribution >= 0.6 is 0 Å². The lowest BCUT2D eigenvalue weighted by molar-refractivity contribution is 0.0602. The van der Waals surface area contributed by atoms with E-state index in [1.54, 1.807) is 26.4 Å². The van der Waals surface area contributed by atoms with Crippen LogP contribution in [0.1, 0.15) is 35.3 Å². The Bertz CT molecular complexity index is 1170. The zero-order valence-electron chi connectivity index (χ0n) is 20.3. The molecule has 3 N–H and O–H groups in total. The fourth-order valence-electron chi connectivity index (χ4n) is 4.21. The van der Waals surface area contributed by atoms with Crippen molar-refractivity contribution in [2.45, 2.75) is 33.7 Å². The molecule has 3 rings (SSSR count). The maximum Gasteiger partial charge on any atom is 0.339 e. The molecular formula is C27H32N2O4. The molecule has 0 atom stereocenters. The van der Waals surface area contributed by atoms with Crippen LogP contribution in [0.5, 0.6) is 11.5 Å². The molecule has 3 aromatic rings. The zero-order valence-corrected chi connectivity index (χ0v) is 20.3. The van der Waals surface area contributed by atoms with Gasteiger partial charge in [-0.25, -0.2) is 4.79 Å². The second kappa shape index (κ2) is 9.86. The second-order valence-electron chi connectivity index (χ2n) is 8.24. The van der Waals surface area contributed by atoms with Gasteiger partial charge in [0, 0.05) is 39.7 Å². The summed E-state index contributed by atoms with van der Waals surface area (Å²) in [7, 11) is 4.65. The van der Waals surface area contributed by atoms with Crippen molar-refractivity contribution in [3.8, 4) is 33.8 Å². The van der Waals surface area contributed by atoms with Crippen LogP contribution in [0.3, 0.4) is 0 Å². The molecule has 0 aliphatic heterocycles. The van der Waals surface area contributed by atoms with E-state index in [9.17, 15) is 4.79 Å². The Morgan fingerprint density at radius 1 is 0.848 bits per heavy atom. The van der Waals surface area contributed by atoms with Gasteiger partial charge in [-0.2, -0.15) is 0 Å². The summed E-state index contributed by atoms with van der Waals surface area (Å²) in [5.74, 6) is 0.985. The molecule has 0 saturated carbocycles. The van der Waals surface area contributed by atoms with Gasteiger partial charge >= 0.3 is 5.97 Å². The summed E-state index contributed by atoms with van der Waals surface area (Å²) in [4.78, 5) is 12.2. The zero-order chi connectivity index (χ0) is 24.3. The number of esters is 1. The molecule has 174 valence electrons. The number of rotatable bonds is 7. The minimum absolute atomic E-state index is 0.311. The summed E-state index contributed by atoms with van der Waals surface area (Å²) in [6, 6.07) is 13.9. The smallest absolute Gasteiger partial charge is 0.339 e. The minimum Gasteiger partial charge on any atom is -0.496 e. The lowest BCUT2D eigenvalue weighted by atomic mass is 9.88. The SMILES string of the molecule is COC(=O)c1cc(-c2c(C)c(OC)c(-c3ccc(NC(C)C)cc3)c(C)c2OC)ccc1N. The monoisotopic (exact) mass is 448 g/mol. The summed E-state index contributed by atoms with van der Waals surface area (Å²) in [6.45, 7) is 8.22. The van der Waals surface area contributed by atoms with Crippen LogP contribution in [0.4, 0.5) is 11.4 Å². The van der Waals surface area contributed by atoms with Crippen molar-refractivity contribution in [1.29, 1.82) is 0 Å². The molecular weight excluding hydrogens is 416 g/mol. The molecule has 0 radical (unpaired) electrons. The van der Waals surface area contributed by atoms with Gasteiger partial charge in [0.25, 0.3) is 0 Å². The number of anilines is 2. The first-order chi connectivity index (χ1) is 15.7. The highest BCUT2D eigenvalue weighted by Crippen LogP contribution is 2.48. The number of hydrogen-bond donors (Lipinski definition) is 2. The van der Waals surface area contributed by atoms with E-state index in [-0.39, 0.29) is 0 Å². The van der Waals surface area contributed by atoms with Gasteiger partial charge in [0.15, 0.2) is 0 Å². The maximum atomic E-state index is 12.2. The molecule has 0 spiro atoms. The predicted octanol–water partition coefficient (Wildman–Crippen LogP) is 5.84. The second-order valence-corrected chi connectivity index (χ2v) is 8.24. The molecule has 0 heterocycles. The Kier molecular flexibility index (Phi) is 7.16. The van der Waals surface area contributed by atoms with Gasteiger partial charge in [-0.15, -0.1) is 0 Å². The van der Waals surface area contributed by atoms with E-state index in [1.807, 2.05) is 19.9 Å². The van der Waals surface area contributed by atoms with Crippen LogP contribution in [0.15, 0.2) is 42.5 Å². The molecule has 0 bridgehead atoms. The summed E-state index contributed by atoms with van der Waals surface area (Å²) in [6.07, 6.45) is 0. The Hall–Kier alpha value is -3.67. The molecule has 6 nitrogen and oxygen atoms in total. The number of carbonyl (C=O) groups is 1. The van der Waals surface area contributed by atoms with Gasteiger partial charge in [-0.3, -0.25) is 0 Å². The normalized spacial score (nSPS) is 10.8. The molecule has 33 heavy (non-hydrogen) atoms. The Morgan fingerprint density at radius 3 is 1.85 bits per heavy atom. The number of methoxy groups -OCH3 is 3. The number of benzene rings is 3. The highest BCUT2D eigenvalue weighted by molar-refractivity contribution is 5.98. The van der Waals surface area contributed by atoms with E-state index < -0.39 is 5.97 Å². The molecule has 0 aromatic heterocycles. The lowest BCUT2D eigenvalue weighted by Crippen LogP contribution is -2.09. The van der Waals surface area contributed by atoms with Crippen molar-refractivity contribution >= 4 is 17.3 Å². The van der Waals surface area contributed by atoms with E-state index in [4.69, 9.17) is 19.9 Å². The number of nitrogens with two attached hydrogens (primary N) is 1. The summed E-state index contributed by atoms with van der Waals surface area (Å²) >= 11 is 0. The van der Waals surface area contributed by atoms with E-state index in [2.05, 4.69) is 43.4 Å². The number of carbonyl (C=O) groups excluding carboxylic acids is 1. The summed E-state index contributed by atoms with van der Waals surface area (Å²) in [5.41, 5.74) is 13.2. The van der Waals surface area contributed by atoms with Crippen molar-refractivity contribution in [2.24, 2.45) is 0 Å². The average Bonchev–Trinajstić information content (AvgIpc) is 2.80. The highest BCUT2D eigenvalue weighted by Gasteiger charge is 2.24. The Morgan fingerprint density at radius 2 is 1.36 bits per heavy atom. The van der Waals surface area contributed by atoms with Crippen LogP contribution in [0, 0.1) is 13.8 Å². The van der Waals surface area contributed by atoms with Gasteiger partial charge in [0.2, 0.25) is 0 Å².